The zero-order valence-corrected chi connectivity index (χ0v) is 13.1. The minimum Gasteiger partial charge on any atom is -0.394 e. The Morgan fingerprint density at radius 1 is 1.55 bits per heavy atom. The third kappa shape index (κ3) is 3.17. The summed E-state index contributed by atoms with van der Waals surface area (Å²) in [5, 5.41) is 13.3. The highest BCUT2D eigenvalue weighted by Crippen LogP contribution is 2.25. The van der Waals surface area contributed by atoms with Crippen LogP contribution in [0.15, 0.2) is 4.52 Å². The van der Waals surface area contributed by atoms with Crippen LogP contribution in [-0.4, -0.2) is 46.0 Å². The second-order valence-corrected chi connectivity index (χ2v) is 6.38. The fraction of sp³-hybridized carbons (Fsp3) is 0.714. The number of hydrogen-bond acceptors (Lipinski definition) is 5. The predicted octanol–water partition coefficient (Wildman–Crippen LogP) is 1.75. The molecule has 0 radical (unpaired) electrons. The molecule has 5 nitrogen and oxygen atoms in total. The van der Waals surface area contributed by atoms with Crippen molar-refractivity contribution in [2.24, 2.45) is 5.92 Å². The number of nitrogens with zero attached hydrogens (tertiary/aromatic N) is 2. The molecule has 1 aromatic heterocycles. The number of hydrogen-bond donors (Lipinski definition) is 1. The highest BCUT2D eigenvalue weighted by atomic mass is 32.2. The van der Waals surface area contributed by atoms with Crippen LogP contribution in [0.4, 0.5) is 0 Å². The molecule has 2 rings (SSSR count). The van der Waals surface area contributed by atoms with Crippen molar-refractivity contribution in [1.82, 2.24) is 10.1 Å². The molecule has 0 aromatic carbocycles. The summed E-state index contributed by atoms with van der Waals surface area (Å²) in [6.45, 7) is 6.71. The Morgan fingerprint density at radius 2 is 2.30 bits per heavy atom. The number of aliphatic hydroxyl groups excluding tert-OH is 1. The Balaban J connectivity index is 1.84. The lowest BCUT2D eigenvalue weighted by Gasteiger charge is -2.25. The minimum atomic E-state index is -0.0119. The molecular weight excluding hydrogens is 276 g/mol. The van der Waals surface area contributed by atoms with Gasteiger partial charge in [-0.05, 0) is 26.2 Å². The van der Waals surface area contributed by atoms with E-state index in [9.17, 15) is 9.90 Å². The average molecular weight is 298 g/mol. The molecule has 6 heteroatoms. The molecule has 1 amide bonds. The van der Waals surface area contributed by atoms with E-state index >= 15 is 0 Å². The van der Waals surface area contributed by atoms with Crippen molar-refractivity contribution in [1.29, 1.82) is 0 Å². The molecule has 1 aromatic rings. The van der Waals surface area contributed by atoms with Crippen molar-refractivity contribution >= 4 is 17.7 Å². The Hall–Kier alpha value is -1.01. The average Bonchev–Trinajstić information content (AvgIpc) is 2.95. The fourth-order valence-electron chi connectivity index (χ4n) is 2.63. The van der Waals surface area contributed by atoms with Crippen molar-refractivity contribution < 1.29 is 14.4 Å². The summed E-state index contributed by atoms with van der Waals surface area (Å²) in [7, 11) is 0. The lowest BCUT2D eigenvalue weighted by molar-refractivity contribution is -0.130. The van der Waals surface area contributed by atoms with Crippen LogP contribution < -0.4 is 0 Å². The van der Waals surface area contributed by atoms with Gasteiger partial charge < -0.3 is 14.5 Å². The SMILES string of the molecule is Cc1noc(C)c1CSCC(=O)N1CCC(C)C1CO. The number of aromatic nitrogens is 1. The van der Waals surface area contributed by atoms with Crippen LogP contribution in [0, 0.1) is 19.8 Å². The molecule has 0 aliphatic carbocycles. The zero-order chi connectivity index (χ0) is 14.7. The summed E-state index contributed by atoms with van der Waals surface area (Å²) >= 11 is 1.58. The van der Waals surface area contributed by atoms with Crippen molar-refractivity contribution in [3.05, 3.63) is 17.0 Å². The number of aliphatic hydroxyl groups is 1. The van der Waals surface area contributed by atoms with Gasteiger partial charge in [0, 0.05) is 17.9 Å². The molecule has 1 fully saturated rings. The third-order valence-electron chi connectivity index (χ3n) is 4.04. The number of carbonyl (C=O) groups is 1. The molecule has 1 aliphatic rings. The highest BCUT2D eigenvalue weighted by molar-refractivity contribution is 7.99. The van der Waals surface area contributed by atoms with Crippen molar-refractivity contribution in [3.63, 3.8) is 0 Å². The smallest absolute Gasteiger partial charge is 0.232 e. The Morgan fingerprint density at radius 3 is 2.90 bits per heavy atom. The van der Waals surface area contributed by atoms with Crippen molar-refractivity contribution in [3.8, 4) is 0 Å². The largest absolute Gasteiger partial charge is 0.394 e. The van der Waals surface area contributed by atoms with E-state index in [0.29, 0.717) is 11.7 Å². The topological polar surface area (TPSA) is 66.6 Å². The highest BCUT2D eigenvalue weighted by Gasteiger charge is 2.33. The van der Waals surface area contributed by atoms with E-state index in [2.05, 4.69) is 12.1 Å². The predicted molar refractivity (Wildman–Crippen MR) is 78.5 cm³/mol. The molecule has 2 atom stereocenters. The van der Waals surface area contributed by atoms with Crippen LogP contribution >= 0.6 is 11.8 Å². The van der Waals surface area contributed by atoms with E-state index in [1.54, 1.807) is 11.8 Å². The number of likely N-dealkylation sites (tertiary alicyclic amines) is 1. The second kappa shape index (κ2) is 6.63. The van der Waals surface area contributed by atoms with E-state index in [4.69, 9.17) is 4.52 Å². The van der Waals surface area contributed by atoms with Crippen LogP contribution in [0.3, 0.4) is 0 Å². The first-order valence-corrected chi connectivity index (χ1v) is 8.10. The second-order valence-electron chi connectivity index (χ2n) is 5.40. The van der Waals surface area contributed by atoms with Crippen LogP contribution in [0.25, 0.3) is 0 Å². The maximum absolute atomic E-state index is 12.2. The maximum atomic E-state index is 12.2. The molecular formula is C14H22N2O3S. The molecule has 1 aliphatic heterocycles. The lowest BCUT2D eigenvalue weighted by atomic mass is 10.0. The van der Waals surface area contributed by atoms with Crippen LogP contribution in [-0.2, 0) is 10.5 Å². The van der Waals surface area contributed by atoms with Crippen molar-refractivity contribution in [2.75, 3.05) is 18.9 Å². The third-order valence-corrected chi connectivity index (χ3v) is 4.99. The van der Waals surface area contributed by atoms with Crippen LogP contribution in [0.5, 0.6) is 0 Å². The maximum Gasteiger partial charge on any atom is 0.232 e. The van der Waals surface area contributed by atoms with Gasteiger partial charge in [-0.1, -0.05) is 12.1 Å². The standard InChI is InChI=1S/C14H22N2O3S/c1-9-4-5-16(13(9)6-17)14(18)8-20-7-12-10(2)15-19-11(12)3/h9,13,17H,4-8H2,1-3H3. The summed E-state index contributed by atoms with van der Waals surface area (Å²) in [6, 6.07) is -0.0119. The molecule has 112 valence electrons. The van der Waals surface area contributed by atoms with Gasteiger partial charge >= 0.3 is 0 Å². The van der Waals surface area contributed by atoms with Gasteiger partial charge in [0.25, 0.3) is 0 Å². The fourth-order valence-corrected chi connectivity index (χ4v) is 3.69. The van der Waals surface area contributed by atoms with Crippen LogP contribution in [0.1, 0.15) is 30.4 Å². The lowest BCUT2D eigenvalue weighted by Crippen LogP contribution is -2.40. The number of rotatable bonds is 5. The van der Waals surface area contributed by atoms with E-state index in [0.717, 1.165) is 35.7 Å². The monoisotopic (exact) mass is 298 g/mol. The van der Waals surface area contributed by atoms with Crippen molar-refractivity contribution in [2.45, 2.75) is 39.0 Å². The normalized spacial score (nSPS) is 22.5. The number of aryl methyl sites for hydroxylation is 2. The summed E-state index contributed by atoms with van der Waals surface area (Å²) in [5.74, 6) is 2.50. The molecule has 0 bridgehead atoms. The molecule has 2 unspecified atom stereocenters. The Bertz CT molecular complexity index is 455. The van der Waals surface area contributed by atoms with E-state index < -0.39 is 0 Å². The summed E-state index contributed by atoms with van der Waals surface area (Å²) in [5.41, 5.74) is 1.97. The quantitative estimate of drug-likeness (QED) is 0.897. The number of thioether (sulfide) groups is 1. The molecule has 1 saturated heterocycles. The van der Waals surface area contributed by atoms with Gasteiger partial charge in [-0.25, -0.2) is 0 Å². The molecule has 1 N–H and O–H groups in total. The number of amides is 1. The van der Waals surface area contributed by atoms with Gasteiger partial charge in [-0.3, -0.25) is 4.79 Å². The van der Waals surface area contributed by atoms with Gasteiger partial charge in [-0.2, -0.15) is 0 Å². The number of carbonyl (C=O) groups excluding carboxylic acids is 1. The Labute approximate surface area is 123 Å². The molecule has 0 saturated carbocycles. The Kier molecular flexibility index (Phi) is 5.10. The zero-order valence-electron chi connectivity index (χ0n) is 12.3. The van der Waals surface area contributed by atoms with Gasteiger partial charge in [0.2, 0.25) is 5.91 Å². The summed E-state index contributed by atoms with van der Waals surface area (Å²) in [6.07, 6.45) is 0.978. The first-order chi connectivity index (χ1) is 9.54. The first-order valence-electron chi connectivity index (χ1n) is 6.94. The summed E-state index contributed by atoms with van der Waals surface area (Å²) < 4.78 is 5.11. The van der Waals surface area contributed by atoms with Gasteiger partial charge in [0.1, 0.15) is 5.76 Å². The van der Waals surface area contributed by atoms with E-state index in [1.807, 2.05) is 18.7 Å². The van der Waals surface area contributed by atoms with Crippen LogP contribution in [0.2, 0.25) is 0 Å². The summed E-state index contributed by atoms with van der Waals surface area (Å²) in [4.78, 5) is 14.0. The molecule has 2 heterocycles. The molecule has 20 heavy (non-hydrogen) atoms. The molecule has 0 spiro atoms. The van der Waals surface area contributed by atoms with Gasteiger partial charge in [0.05, 0.1) is 24.1 Å². The van der Waals surface area contributed by atoms with E-state index in [-0.39, 0.29) is 18.6 Å². The minimum absolute atomic E-state index is 0.0119. The van der Waals surface area contributed by atoms with E-state index in [1.165, 1.54) is 0 Å². The first kappa shape index (κ1) is 15.4. The van der Waals surface area contributed by atoms with Gasteiger partial charge in [-0.15, -0.1) is 11.8 Å². The van der Waals surface area contributed by atoms with Gasteiger partial charge in [0.15, 0.2) is 0 Å².